The van der Waals surface area contributed by atoms with Crippen LogP contribution >= 0.6 is 0 Å². The van der Waals surface area contributed by atoms with Gasteiger partial charge in [0.1, 0.15) is 31.2 Å². The smallest absolute Gasteiger partial charge is 0.225 e. The number of aldehydes is 1. The Morgan fingerprint density at radius 1 is 1.24 bits per heavy atom. The lowest BCUT2D eigenvalue weighted by Crippen LogP contribution is -2.40. The van der Waals surface area contributed by atoms with E-state index in [9.17, 15) is 9.59 Å². The topological polar surface area (TPSA) is 187 Å². The number of furan rings is 1. The first-order valence-electron chi connectivity index (χ1n) is 6.91. The van der Waals surface area contributed by atoms with Crippen LogP contribution in [0.3, 0.4) is 0 Å². The van der Waals surface area contributed by atoms with Gasteiger partial charge in [0.2, 0.25) is 11.6 Å². The molecule has 0 saturated carbocycles. The first-order valence-corrected chi connectivity index (χ1v) is 6.91. The second kappa shape index (κ2) is 10.3. The Hall–Kier alpha value is -2.57. The van der Waals surface area contributed by atoms with Crippen molar-refractivity contribution in [2.75, 3.05) is 13.2 Å². The molecular weight excluding hydrogens is 338 g/mol. The molecule has 136 valence electrons. The van der Waals surface area contributed by atoms with Gasteiger partial charge in [0.05, 0.1) is 12.9 Å². The zero-order valence-corrected chi connectivity index (χ0v) is 12.8. The predicted octanol–water partition coefficient (Wildman–Crippen LogP) is -2.43. The number of carbonyl (C=O) groups excluding carboxylic acids is 2. The van der Waals surface area contributed by atoms with E-state index in [0.717, 1.165) is 0 Å². The Labute approximate surface area is 141 Å². The van der Waals surface area contributed by atoms with Crippen molar-refractivity contribution in [3.8, 4) is 11.6 Å². The summed E-state index contributed by atoms with van der Waals surface area (Å²) in [6.07, 6.45) is -1.95. The van der Waals surface area contributed by atoms with Gasteiger partial charge in [-0.25, -0.2) is 15.0 Å². The summed E-state index contributed by atoms with van der Waals surface area (Å²) in [4.78, 5) is 32.2. The number of hydrogen-bond acceptors (Lipinski definition) is 11. The van der Waals surface area contributed by atoms with E-state index < -0.39 is 37.3 Å². The Balaban J connectivity index is 0.000000275. The minimum absolute atomic E-state index is 0.0705. The Morgan fingerprint density at radius 3 is 2.48 bits per heavy atom. The van der Waals surface area contributed by atoms with Gasteiger partial charge < -0.3 is 34.7 Å². The van der Waals surface area contributed by atoms with Crippen LogP contribution in [0.25, 0.3) is 11.6 Å². The molecule has 0 fully saturated rings. The zero-order chi connectivity index (χ0) is 18.8. The van der Waals surface area contributed by atoms with Gasteiger partial charge >= 0.3 is 0 Å². The van der Waals surface area contributed by atoms with Crippen LogP contribution in [0.2, 0.25) is 0 Å². The fraction of sp³-hybridized carbons (Fsp3) is 0.357. The molecule has 2 aromatic heterocycles. The molecule has 0 radical (unpaired) electrons. The molecule has 0 aromatic carbocycles. The van der Waals surface area contributed by atoms with Gasteiger partial charge in [-0.2, -0.15) is 0 Å². The monoisotopic (exact) mass is 355 g/mol. The van der Waals surface area contributed by atoms with Crippen LogP contribution in [0.5, 0.6) is 0 Å². The maximum Gasteiger partial charge on any atom is 0.225 e. The number of aliphatic hydroxyl groups excluding tert-OH is 5. The molecule has 2 aromatic rings. The summed E-state index contributed by atoms with van der Waals surface area (Å²) in [5, 5.41) is 42.7. The molecule has 11 heteroatoms. The summed E-state index contributed by atoms with van der Waals surface area (Å²) >= 11 is 0. The number of ketones is 1. The Morgan fingerprint density at radius 2 is 1.96 bits per heavy atom. The van der Waals surface area contributed by atoms with E-state index in [0.29, 0.717) is 5.76 Å². The minimum Gasteiger partial charge on any atom is -0.461 e. The van der Waals surface area contributed by atoms with E-state index in [1.165, 1.54) is 12.6 Å². The number of aromatic nitrogens is 3. The fourth-order valence-electron chi connectivity index (χ4n) is 1.44. The third kappa shape index (κ3) is 6.10. The molecule has 25 heavy (non-hydrogen) atoms. The quantitative estimate of drug-likeness (QED) is 0.262. The molecule has 5 N–H and O–H groups in total. The van der Waals surface area contributed by atoms with Gasteiger partial charge in [-0.1, -0.05) is 0 Å². The van der Waals surface area contributed by atoms with E-state index in [2.05, 4.69) is 15.0 Å². The maximum atomic E-state index is 11.1. The van der Waals surface area contributed by atoms with Crippen molar-refractivity contribution in [2.45, 2.75) is 18.3 Å². The zero-order valence-electron chi connectivity index (χ0n) is 12.8. The second-order valence-electron chi connectivity index (χ2n) is 4.56. The summed E-state index contributed by atoms with van der Waals surface area (Å²) in [6, 6.07) is 3.36. The van der Waals surface area contributed by atoms with Crippen molar-refractivity contribution >= 4 is 12.1 Å². The molecule has 0 bridgehead atoms. The molecule has 3 unspecified atom stereocenters. The first kappa shape index (κ1) is 20.5. The number of hydrogen-bond donors (Lipinski definition) is 5. The normalized spacial score (nSPS) is 14.0. The summed E-state index contributed by atoms with van der Waals surface area (Å²) in [5.41, 5.74) is 0. The van der Waals surface area contributed by atoms with Crippen LogP contribution in [0.1, 0.15) is 10.6 Å². The molecule has 0 saturated heterocycles. The predicted molar refractivity (Wildman–Crippen MR) is 80.1 cm³/mol. The van der Waals surface area contributed by atoms with E-state index in [1.807, 2.05) is 0 Å². The maximum absolute atomic E-state index is 11.1. The van der Waals surface area contributed by atoms with Gasteiger partial charge in [-0.05, 0) is 12.1 Å². The molecule has 0 amide bonds. The van der Waals surface area contributed by atoms with Crippen LogP contribution in [0.15, 0.2) is 29.1 Å². The summed E-state index contributed by atoms with van der Waals surface area (Å²) in [6.45, 7) is -1.31. The minimum atomic E-state index is -1.64. The van der Waals surface area contributed by atoms with E-state index in [-0.39, 0.29) is 17.9 Å². The van der Waals surface area contributed by atoms with Gasteiger partial charge in [-0.15, -0.1) is 0 Å². The van der Waals surface area contributed by atoms with Crippen molar-refractivity contribution < 1.29 is 39.5 Å². The number of carbonyl (C=O) groups is 2. The molecule has 0 aliphatic carbocycles. The summed E-state index contributed by atoms with van der Waals surface area (Å²) in [5.74, 6) is 0.0975. The van der Waals surface area contributed by atoms with Gasteiger partial charge in [0.15, 0.2) is 17.9 Å². The molecule has 0 spiro atoms. The van der Waals surface area contributed by atoms with Gasteiger partial charge in [0.25, 0.3) is 0 Å². The third-order valence-electron chi connectivity index (χ3n) is 2.78. The molecule has 11 nitrogen and oxygen atoms in total. The number of rotatable bonds is 7. The highest BCUT2D eigenvalue weighted by Gasteiger charge is 2.22. The lowest BCUT2D eigenvalue weighted by Gasteiger charge is -2.16. The van der Waals surface area contributed by atoms with Gasteiger partial charge in [0, 0.05) is 0 Å². The van der Waals surface area contributed by atoms with Crippen molar-refractivity contribution in [1.29, 1.82) is 0 Å². The van der Waals surface area contributed by atoms with Crippen LogP contribution in [0, 0.1) is 0 Å². The molecule has 0 aliphatic heterocycles. The summed E-state index contributed by atoms with van der Waals surface area (Å²) < 4.78 is 5.06. The largest absolute Gasteiger partial charge is 0.461 e. The van der Waals surface area contributed by atoms with E-state index >= 15 is 0 Å². The standard InChI is InChI=1S/C9H7N3O3.C5H10O5/c13-4-6(14)8-10-5-11-9(12-8)7-2-1-3-15-7;6-1-3(8)5(10)4(9)2-7/h1-3,5,13H,4H2;1,3-5,7-10H,2H2. The third-order valence-corrected chi connectivity index (χ3v) is 2.78. The highest BCUT2D eigenvalue weighted by molar-refractivity contribution is 5.93. The highest BCUT2D eigenvalue weighted by Crippen LogP contribution is 2.13. The lowest BCUT2D eigenvalue weighted by atomic mass is 10.1. The molecule has 2 heterocycles. The van der Waals surface area contributed by atoms with Crippen molar-refractivity contribution in [1.82, 2.24) is 15.0 Å². The average Bonchev–Trinajstić information content (AvgIpc) is 3.20. The lowest BCUT2D eigenvalue weighted by molar-refractivity contribution is -0.127. The Kier molecular flexibility index (Phi) is 8.46. The fourth-order valence-corrected chi connectivity index (χ4v) is 1.44. The summed E-state index contributed by atoms with van der Waals surface area (Å²) in [7, 11) is 0. The number of Topliss-reactive ketones (excluding diaryl/α,β-unsaturated/α-hetero) is 1. The van der Waals surface area contributed by atoms with Crippen LogP contribution < -0.4 is 0 Å². The second-order valence-corrected chi connectivity index (χ2v) is 4.56. The van der Waals surface area contributed by atoms with Crippen LogP contribution in [-0.2, 0) is 4.79 Å². The van der Waals surface area contributed by atoms with E-state index in [4.69, 9.17) is 29.9 Å². The van der Waals surface area contributed by atoms with Crippen molar-refractivity contribution in [3.05, 3.63) is 30.5 Å². The number of aliphatic hydroxyl groups is 5. The van der Waals surface area contributed by atoms with Crippen LogP contribution in [-0.4, -0.2) is 84.1 Å². The SMILES string of the molecule is O=C(CO)c1ncnc(-c2ccco2)n1.O=CC(O)C(O)C(O)CO. The molecule has 2 rings (SSSR count). The molecule has 3 atom stereocenters. The van der Waals surface area contributed by atoms with Crippen molar-refractivity contribution in [3.63, 3.8) is 0 Å². The van der Waals surface area contributed by atoms with Crippen LogP contribution in [0.4, 0.5) is 0 Å². The first-order chi connectivity index (χ1) is 11.9. The molecule has 0 aliphatic rings. The van der Waals surface area contributed by atoms with E-state index in [1.54, 1.807) is 12.1 Å². The molecular formula is C14H17N3O8. The van der Waals surface area contributed by atoms with Crippen molar-refractivity contribution in [2.24, 2.45) is 0 Å². The average molecular weight is 355 g/mol. The number of nitrogens with zero attached hydrogens (tertiary/aromatic N) is 3. The Bertz CT molecular complexity index is 664. The highest BCUT2D eigenvalue weighted by atomic mass is 16.4. The van der Waals surface area contributed by atoms with Gasteiger partial charge in [-0.3, -0.25) is 4.79 Å².